The van der Waals surface area contributed by atoms with Crippen molar-refractivity contribution in [1.29, 1.82) is 0 Å². The van der Waals surface area contributed by atoms with Crippen molar-refractivity contribution in [3.63, 3.8) is 0 Å². The van der Waals surface area contributed by atoms with E-state index in [2.05, 4.69) is 42.2 Å². The summed E-state index contributed by atoms with van der Waals surface area (Å²) in [6.45, 7) is -0.400. The third-order valence-corrected chi connectivity index (χ3v) is 4.95. The number of carboxylic acids is 1. The van der Waals surface area contributed by atoms with Crippen LogP contribution in [0.2, 0.25) is 0 Å². The number of nitrogens with one attached hydrogen (secondary N) is 1. The number of hydrogen-bond acceptors (Lipinski definition) is 5. The molecule has 5 nitrogen and oxygen atoms in total. The molecule has 3 aromatic rings. The lowest BCUT2D eigenvalue weighted by Crippen LogP contribution is -2.10. The van der Waals surface area contributed by atoms with E-state index in [0.29, 0.717) is 11.4 Å². The third kappa shape index (κ3) is 4.81. The van der Waals surface area contributed by atoms with Crippen molar-refractivity contribution in [1.82, 2.24) is 4.98 Å². The third-order valence-electron chi connectivity index (χ3n) is 3.17. The molecule has 8 heteroatoms. The predicted octanol–water partition coefficient (Wildman–Crippen LogP) is 5.54. The van der Waals surface area contributed by atoms with Crippen molar-refractivity contribution < 1.29 is 14.6 Å². The first-order valence-electron chi connectivity index (χ1n) is 7.14. The number of aliphatic carboxylic acids is 1. The van der Waals surface area contributed by atoms with Gasteiger partial charge in [0, 0.05) is 25.6 Å². The van der Waals surface area contributed by atoms with Crippen molar-refractivity contribution in [2.75, 3.05) is 11.9 Å². The van der Waals surface area contributed by atoms with E-state index in [1.807, 2.05) is 35.7 Å². The second-order valence-electron chi connectivity index (χ2n) is 4.99. The van der Waals surface area contributed by atoms with Crippen molar-refractivity contribution in [3.8, 4) is 17.0 Å². The molecular formula is C17H12Br2N2O3S. The minimum Gasteiger partial charge on any atom is -0.481 e. The van der Waals surface area contributed by atoms with Gasteiger partial charge in [0.1, 0.15) is 5.75 Å². The summed E-state index contributed by atoms with van der Waals surface area (Å²) >= 11 is 8.29. The number of aromatic nitrogens is 1. The first-order chi connectivity index (χ1) is 12.0. The molecule has 1 aromatic heterocycles. The molecule has 0 saturated heterocycles. The van der Waals surface area contributed by atoms with Crippen LogP contribution in [-0.4, -0.2) is 22.7 Å². The normalized spacial score (nSPS) is 10.5. The van der Waals surface area contributed by atoms with Gasteiger partial charge in [-0.15, -0.1) is 11.3 Å². The second-order valence-corrected chi connectivity index (χ2v) is 7.68. The standard InChI is InChI=1S/C17H12Br2N2O3S/c18-10-1-4-12(5-2-10)20-17-21-14(9-25-17)13-7-11(19)3-6-15(13)24-8-16(22)23/h1-7,9H,8H2,(H,20,21)(H,22,23). The Labute approximate surface area is 164 Å². The molecule has 3 rings (SSSR count). The Morgan fingerprint density at radius 1 is 1.16 bits per heavy atom. The average Bonchev–Trinajstić information content (AvgIpc) is 3.04. The SMILES string of the molecule is O=C(O)COc1ccc(Br)cc1-c1csc(Nc2ccc(Br)cc2)n1. The van der Waals surface area contributed by atoms with Gasteiger partial charge in [0.15, 0.2) is 11.7 Å². The van der Waals surface area contributed by atoms with Gasteiger partial charge >= 0.3 is 5.97 Å². The molecule has 2 N–H and O–H groups in total. The van der Waals surface area contributed by atoms with E-state index in [4.69, 9.17) is 9.84 Å². The maximum atomic E-state index is 10.8. The summed E-state index contributed by atoms with van der Waals surface area (Å²) in [7, 11) is 0. The number of nitrogens with zero attached hydrogens (tertiary/aromatic N) is 1. The monoisotopic (exact) mass is 482 g/mol. The molecule has 0 unspecified atom stereocenters. The van der Waals surface area contributed by atoms with Gasteiger partial charge in [-0.25, -0.2) is 9.78 Å². The van der Waals surface area contributed by atoms with Gasteiger partial charge in [0.25, 0.3) is 0 Å². The highest BCUT2D eigenvalue weighted by Gasteiger charge is 2.13. The molecule has 0 radical (unpaired) electrons. The Balaban J connectivity index is 1.84. The fourth-order valence-electron chi connectivity index (χ4n) is 2.08. The molecule has 0 fully saturated rings. The molecule has 0 aliphatic carbocycles. The average molecular weight is 484 g/mol. The van der Waals surface area contributed by atoms with Crippen LogP contribution in [0.25, 0.3) is 11.3 Å². The summed E-state index contributed by atoms with van der Waals surface area (Å²) in [6, 6.07) is 13.2. The van der Waals surface area contributed by atoms with E-state index < -0.39 is 12.6 Å². The van der Waals surface area contributed by atoms with Gasteiger partial charge in [-0.2, -0.15) is 0 Å². The number of carboxylic acid groups (broad SMARTS) is 1. The molecule has 2 aromatic carbocycles. The summed E-state index contributed by atoms with van der Waals surface area (Å²) in [5.74, 6) is -0.546. The van der Waals surface area contributed by atoms with Crippen LogP contribution >= 0.6 is 43.2 Å². The summed E-state index contributed by atoms with van der Waals surface area (Å²) in [5.41, 5.74) is 2.38. The first-order valence-corrected chi connectivity index (χ1v) is 9.60. The van der Waals surface area contributed by atoms with Crippen LogP contribution in [0.15, 0.2) is 56.8 Å². The van der Waals surface area contributed by atoms with Crippen LogP contribution < -0.4 is 10.1 Å². The number of rotatable bonds is 6. The van der Waals surface area contributed by atoms with Crippen LogP contribution in [0, 0.1) is 0 Å². The first kappa shape index (κ1) is 17.9. The van der Waals surface area contributed by atoms with Gasteiger partial charge in [0.2, 0.25) is 0 Å². The summed E-state index contributed by atoms with van der Waals surface area (Å²) < 4.78 is 7.24. The maximum Gasteiger partial charge on any atom is 0.341 e. The topological polar surface area (TPSA) is 71.5 Å². The summed E-state index contributed by atoms with van der Waals surface area (Å²) in [5, 5.41) is 14.7. The van der Waals surface area contributed by atoms with Crippen LogP contribution in [-0.2, 0) is 4.79 Å². The van der Waals surface area contributed by atoms with Gasteiger partial charge < -0.3 is 15.2 Å². The van der Waals surface area contributed by atoms with Crippen LogP contribution in [0.3, 0.4) is 0 Å². The van der Waals surface area contributed by atoms with E-state index in [9.17, 15) is 4.79 Å². The van der Waals surface area contributed by atoms with E-state index in [1.54, 1.807) is 12.1 Å². The molecule has 0 bridgehead atoms. The number of hydrogen-bond donors (Lipinski definition) is 2. The van der Waals surface area contributed by atoms with Crippen LogP contribution in [0.5, 0.6) is 5.75 Å². The zero-order valence-corrected chi connectivity index (χ0v) is 16.7. The largest absolute Gasteiger partial charge is 0.481 e. The van der Waals surface area contributed by atoms with Gasteiger partial charge in [-0.3, -0.25) is 0 Å². The van der Waals surface area contributed by atoms with Gasteiger partial charge in [-0.1, -0.05) is 31.9 Å². The Bertz CT molecular complexity index is 897. The molecule has 25 heavy (non-hydrogen) atoms. The Hall–Kier alpha value is -1.90. The summed E-state index contributed by atoms with van der Waals surface area (Å²) in [4.78, 5) is 15.3. The van der Waals surface area contributed by atoms with Crippen molar-refractivity contribution in [2.45, 2.75) is 0 Å². The number of ether oxygens (including phenoxy) is 1. The zero-order chi connectivity index (χ0) is 17.8. The molecule has 0 amide bonds. The summed E-state index contributed by atoms with van der Waals surface area (Å²) in [6.07, 6.45) is 0. The minimum absolute atomic E-state index is 0.400. The molecule has 0 aliphatic rings. The maximum absolute atomic E-state index is 10.8. The Morgan fingerprint density at radius 2 is 1.88 bits per heavy atom. The highest BCUT2D eigenvalue weighted by Crippen LogP contribution is 2.35. The smallest absolute Gasteiger partial charge is 0.341 e. The molecule has 0 atom stereocenters. The van der Waals surface area contributed by atoms with E-state index in [0.717, 1.165) is 25.3 Å². The molecule has 1 heterocycles. The van der Waals surface area contributed by atoms with Gasteiger partial charge in [0.05, 0.1) is 5.69 Å². The number of benzene rings is 2. The number of thiazole rings is 1. The number of carbonyl (C=O) groups is 1. The van der Waals surface area contributed by atoms with Gasteiger partial charge in [-0.05, 0) is 42.5 Å². The molecule has 0 saturated carbocycles. The van der Waals surface area contributed by atoms with E-state index >= 15 is 0 Å². The fourth-order valence-corrected chi connectivity index (χ4v) is 3.44. The van der Waals surface area contributed by atoms with Crippen LogP contribution in [0.1, 0.15) is 0 Å². The fraction of sp³-hybridized carbons (Fsp3) is 0.0588. The zero-order valence-electron chi connectivity index (χ0n) is 12.7. The lowest BCUT2D eigenvalue weighted by atomic mass is 10.1. The molecular weight excluding hydrogens is 472 g/mol. The van der Waals surface area contributed by atoms with Crippen molar-refractivity contribution in [3.05, 3.63) is 56.8 Å². The minimum atomic E-state index is -1.02. The Morgan fingerprint density at radius 3 is 2.60 bits per heavy atom. The number of halogens is 2. The van der Waals surface area contributed by atoms with E-state index in [-0.39, 0.29) is 0 Å². The predicted molar refractivity (Wildman–Crippen MR) is 106 cm³/mol. The quantitative estimate of drug-likeness (QED) is 0.481. The Kier molecular flexibility index (Phi) is 5.72. The molecule has 0 spiro atoms. The highest BCUT2D eigenvalue weighted by atomic mass is 79.9. The lowest BCUT2D eigenvalue weighted by Gasteiger charge is -2.09. The van der Waals surface area contributed by atoms with Crippen molar-refractivity contribution in [2.24, 2.45) is 0 Å². The second kappa shape index (κ2) is 7.99. The lowest BCUT2D eigenvalue weighted by molar-refractivity contribution is -0.139. The van der Waals surface area contributed by atoms with E-state index in [1.165, 1.54) is 11.3 Å². The number of anilines is 2. The molecule has 0 aliphatic heterocycles. The molecule has 128 valence electrons. The van der Waals surface area contributed by atoms with Crippen molar-refractivity contribution >= 4 is 60.0 Å². The van der Waals surface area contributed by atoms with Crippen LogP contribution in [0.4, 0.5) is 10.8 Å². The highest BCUT2D eigenvalue weighted by molar-refractivity contribution is 9.10.